The van der Waals surface area contributed by atoms with E-state index in [9.17, 15) is 19.5 Å². The van der Waals surface area contributed by atoms with Crippen molar-refractivity contribution in [3.8, 4) is 0 Å². The van der Waals surface area contributed by atoms with Gasteiger partial charge in [-0.2, -0.15) is 0 Å². The van der Waals surface area contributed by atoms with Crippen molar-refractivity contribution in [2.24, 2.45) is 5.92 Å². The van der Waals surface area contributed by atoms with Gasteiger partial charge in [0.25, 0.3) is 5.91 Å². The van der Waals surface area contributed by atoms with Gasteiger partial charge in [0.15, 0.2) is 0 Å². The molecule has 3 fully saturated rings. The summed E-state index contributed by atoms with van der Waals surface area (Å²) in [5.74, 6) is -0.190. The number of hydrogen-bond donors (Lipinski definition) is 1. The van der Waals surface area contributed by atoms with E-state index in [1.165, 1.54) is 0 Å². The average molecular weight is 399 g/mol. The van der Waals surface area contributed by atoms with Crippen LogP contribution in [0.15, 0.2) is 24.3 Å². The van der Waals surface area contributed by atoms with Gasteiger partial charge in [-0.1, -0.05) is 25.0 Å². The van der Waals surface area contributed by atoms with E-state index >= 15 is 0 Å². The number of aliphatic hydroxyl groups excluding tert-OH is 1. The topological polar surface area (TPSA) is 83.9 Å². The first-order valence-corrected chi connectivity index (χ1v) is 10.7. The van der Waals surface area contributed by atoms with Crippen molar-refractivity contribution < 1.29 is 24.2 Å². The average Bonchev–Trinajstić information content (AvgIpc) is 3.38. The minimum absolute atomic E-state index is 0.0121. The van der Waals surface area contributed by atoms with E-state index in [1.54, 1.807) is 4.90 Å². The predicted molar refractivity (Wildman–Crippen MR) is 106 cm³/mol. The van der Waals surface area contributed by atoms with Crippen molar-refractivity contribution in [2.45, 2.75) is 69.5 Å². The van der Waals surface area contributed by atoms with Crippen LogP contribution in [0.5, 0.6) is 0 Å². The lowest BCUT2D eigenvalue weighted by Gasteiger charge is -2.41. The molecule has 156 valence electrons. The fraction of sp³-hybridized carbons (Fsp3) is 0.609. The number of benzene rings is 1. The molecule has 1 amide bonds. The minimum atomic E-state index is -0.664. The summed E-state index contributed by atoms with van der Waals surface area (Å²) in [4.78, 5) is 38.4. The third-order valence-corrected chi connectivity index (χ3v) is 6.74. The summed E-state index contributed by atoms with van der Waals surface area (Å²) in [6.07, 6.45) is 6.05. The van der Waals surface area contributed by atoms with Crippen LogP contribution in [0, 0.1) is 5.92 Å². The number of rotatable bonds is 5. The summed E-state index contributed by atoms with van der Waals surface area (Å²) >= 11 is 0. The molecule has 2 saturated heterocycles. The number of amides is 1. The number of aliphatic hydroxyl groups is 1. The Balaban J connectivity index is 1.43. The van der Waals surface area contributed by atoms with Crippen LogP contribution in [0.25, 0.3) is 0 Å². The van der Waals surface area contributed by atoms with Crippen molar-refractivity contribution in [2.75, 3.05) is 13.1 Å². The Bertz CT molecular complexity index is 765. The second-order valence-corrected chi connectivity index (χ2v) is 8.80. The highest BCUT2D eigenvalue weighted by Crippen LogP contribution is 2.43. The molecule has 1 aliphatic carbocycles. The van der Waals surface area contributed by atoms with Gasteiger partial charge in [-0.15, -0.1) is 0 Å². The fourth-order valence-corrected chi connectivity index (χ4v) is 5.16. The molecule has 2 unspecified atom stereocenters. The summed E-state index contributed by atoms with van der Waals surface area (Å²) in [5.41, 5.74) is 1.02. The molecule has 0 spiro atoms. The number of nitrogens with zero attached hydrogens (tertiary/aromatic N) is 1. The molecule has 0 bridgehead atoms. The lowest BCUT2D eigenvalue weighted by molar-refractivity contribution is -0.178. The van der Waals surface area contributed by atoms with Crippen LogP contribution in [0.3, 0.4) is 0 Å². The van der Waals surface area contributed by atoms with Gasteiger partial charge in [0, 0.05) is 25.1 Å². The first kappa shape index (κ1) is 20.1. The molecule has 2 heterocycles. The standard InChI is InChI=1S/C23H29NO5/c25-19-10-12-24(15-19)22(28)17-7-5-16(6-8-17)9-11-23(18-3-1-2-4-18)14-20(26)13-21(27)29-23/h5-8,18-19,25H,1-4,9-15H2. The van der Waals surface area contributed by atoms with E-state index in [0.717, 1.165) is 31.2 Å². The first-order chi connectivity index (χ1) is 13.9. The summed E-state index contributed by atoms with van der Waals surface area (Å²) < 4.78 is 5.85. The van der Waals surface area contributed by atoms with Gasteiger partial charge in [0.1, 0.15) is 17.8 Å². The van der Waals surface area contributed by atoms with E-state index in [0.29, 0.717) is 44.3 Å². The Morgan fingerprint density at radius 2 is 1.86 bits per heavy atom. The molecule has 6 heteroatoms. The number of carbonyl (C=O) groups excluding carboxylic acids is 3. The Labute approximate surface area is 171 Å². The Kier molecular flexibility index (Phi) is 5.72. The summed E-state index contributed by atoms with van der Waals surface area (Å²) in [6.45, 7) is 0.981. The summed E-state index contributed by atoms with van der Waals surface area (Å²) in [5, 5.41) is 9.63. The van der Waals surface area contributed by atoms with Gasteiger partial charge in [-0.3, -0.25) is 14.4 Å². The Morgan fingerprint density at radius 3 is 2.48 bits per heavy atom. The number of β-amino-alcohol motifs (C(OH)–C–C–N with tert-alkyl or cyclic N) is 1. The minimum Gasteiger partial charge on any atom is -0.458 e. The maximum Gasteiger partial charge on any atom is 0.313 e. The first-order valence-electron chi connectivity index (χ1n) is 10.7. The lowest BCUT2D eigenvalue weighted by atomic mass is 9.76. The normalized spacial score (nSPS) is 28.0. The van der Waals surface area contributed by atoms with E-state index in [1.807, 2.05) is 24.3 Å². The lowest BCUT2D eigenvalue weighted by Crippen LogP contribution is -2.48. The molecule has 0 radical (unpaired) electrons. The van der Waals surface area contributed by atoms with Crippen molar-refractivity contribution in [3.05, 3.63) is 35.4 Å². The zero-order valence-electron chi connectivity index (χ0n) is 16.8. The monoisotopic (exact) mass is 399 g/mol. The molecule has 1 aromatic carbocycles. The van der Waals surface area contributed by atoms with E-state index in [-0.39, 0.29) is 30.0 Å². The van der Waals surface area contributed by atoms with Crippen LogP contribution >= 0.6 is 0 Å². The van der Waals surface area contributed by atoms with Crippen molar-refractivity contribution in [1.82, 2.24) is 4.90 Å². The van der Waals surface area contributed by atoms with Gasteiger partial charge in [0.05, 0.1) is 6.10 Å². The van der Waals surface area contributed by atoms with Crippen LogP contribution < -0.4 is 0 Å². The van der Waals surface area contributed by atoms with Crippen LogP contribution in [0.4, 0.5) is 0 Å². The van der Waals surface area contributed by atoms with Crippen LogP contribution in [-0.4, -0.2) is 52.5 Å². The van der Waals surface area contributed by atoms with Crippen LogP contribution in [0.1, 0.15) is 67.3 Å². The molecule has 1 aromatic rings. The van der Waals surface area contributed by atoms with Crippen molar-refractivity contribution in [1.29, 1.82) is 0 Å². The SMILES string of the molecule is O=C1CC(=O)OC(CCc2ccc(C(=O)N3CCC(O)C3)cc2)(C2CCCC2)C1. The van der Waals surface area contributed by atoms with Gasteiger partial charge >= 0.3 is 5.97 Å². The van der Waals surface area contributed by atoms with Gasteiger partial charge in [0.2, 0.25) is 0 Å². The maximum atomic E-state index is 12.5. The molecular formula is C23H29NO5. The van der Waals surface area contributed by atoms with Crippen LogP contribution in [-0.2, 0) is 20.7 Å². The molecule has 6 nitrogen and oxygen atoms in total. The Hall–Kier alpha value is -2.21. The summed E-state index contributed by atoms with van der Waals surface area (Å²) in [7, 11) is 0. The third-order valence-electron chi connectivity index (χ3n) is 6.74. The second-order valence-electron chi connectivity index (χ2n) is 8.80. The third kappa shape index (κ3) is 4.37. The van der Waals surface area contributed by atoms with Gasteiger partial charge in [-0.25, -0.2) is 0 Å². The van der Waals surface area contributed by atoms with Crippen molar-refractivity contribution in [3.63, 3.8) is 0 Å². The molecule has 1 N–H and O–H groups in total. The zero-order valence-corrected chi connectivity index (χ0v) is 16.8. The molecule has 1 saturated carbocycles. The molecule has 29 heavy (non-hydrogen) atoms. The van der Waals surface area contributed by atoms with Crippen LogP contribution in [0.2, 0.25) is 0 Å². The Morgan fingerprint density at radius 1 is 1.14 bits per heavy atom. The highest BCUT2D eigenvalue weighted by Gasteiger charge is 2.47. The highest BCUT2D eigenvalue weighted by molar-refractivity contribution is 5.98. The molecule has 3 aliphatic rings. The van der Waals surface area contributed by atoms with E-state index in [2.05, 4.69) is 0 Å². The number of esters is 1. The quantitative estimate of drug-likeness (QED) is 0.608. The maximum absolute atomic E-state index is 12.5. The predicted octanol–water partition coefficient (Wildman–Crippen LogP) is 2.66. The smallest absolute Gasteiger partial charge is 0.313 e. The fourth-order valence-electron chi connectivity index (χ4n) is 5.16. The number of aryl methyl sites for hydroxylation is 1. The second kappa shape index (κ2) is 8.27. The molecule has 2 aliphatic heterocycles. The molecule has 2 atom stereocenters. The number of hydrogen-bond acceptors (Lipinski definition) is 5. The molecular weight excluding hydrogens is 370 g/mol. The van der Waals surface area contributed by atoms with E-state index in [4.69, 9.17) is 4.74 Å². The number of Topliss-reactive ketones (excluding diaryl/α,β-unsaturated/α-hetero) is 1. The zero-order chi connectivity index (χ0) is 20.4. The highest BCUT2D eigenvalue weighted by atomic mass is 16.6. The van der Waals surface area contributed by atoms with Gasteiger partial charge < -0.3 is 14.7 Å². The number of cyclic esters (lactones) is 1. The van der Waals surface area contributed by atoms with E-state index < -0.39 is 11.7 Å². The number of carbonyl (C=O) groups is 3. The van der Waals surface area contributed by atoms with Gasteiger partial charge in [-0.05, 0) is 55.7 Å². The van der Waals surface area contributed by atoms with Crippen molar-refractivity contribution >= 4 is 17.7 Å². The summed E-state index contributed by atoms with van der Waals surface area (Å²) in [6, 6.07) is 7.52. The number of ketones is 1. The number of ether oxygens (including phenoxy) is 1. The molecule has 4 rings (SSSR count). The number of likely N-dealkylation sites (tertiary alicyclic amines) is 1. The largest absolute Gasteiger partial charge is 0.458 e. The molecule has 0 aromatic heterocycles.